The van der Waals surface area contributed by atoms with Crippen LogP contribution < -0.4 is 0 Å². The number of carbonyl (C=O) groups is 2. The number of benzene rings is 3. The second kappa shape index (κ2) is 10.0. The predicted octanol–water partition coefficient (Wildman–Crippen LogP) is 5.66. The van der Waals surface area contributed by atoms with E-state index in [0.29, 0.717) is 0 Å². The highest BCUT2D eigenvalue weighted by Crippen LogP contribution is 2.36. The van der Waals surface area contributed by atoms with Crippen LogP contribution in [0.1, 0.15) is 41.2 Å². The van der Waals surface area contributed by atoms with Gasteiger partial charge in [0, 0.05) is 11.5 Å². The van der Waals surface area contributed by atoms with E-state index < -0.39 is 11.9 Å². The van der Waals surface area contributed by atoms with Gasteiger partial charge in [-0.3, -0.25) is 9.89 Å². The first-order chi connectivity index (χ1) is 16.4. The maximum absolute atomic E-state index is 11.3. The molecule has 1 heterocycles. The van der Waals surface area contributed by atoms with Crippen molar-refractivity contribution in [2.75, 3.05) is 0 Å². The van der Waals surface area contributed by atoms with E-state index in [1.807, 2.05) is 60.7 Å². The van der Waals surface area contributed by atoms with E-state index >= 15 is 0 Å². The Morgan fingerprint density at radius 1 is 0.941 bits per heavy atom. The number of aromatic nitrogens is 2. The number of carboxylic acids is 2. The van der Waals surface area contributed by atoms with Gasteiger partial charge in [0.25, 0.3) is 0 Å². The van der Waals surface area contributed by atoms with Crippen molar-refractivity contribution in [1.29, 1.82) is 0 Å². The molecule has 0 unspecified atom stereocenters. The second-order valence-electron chi connectivity index (χ2n) is 7.94. The smallest absolute Gasteiger partial charge is 0.328 e. The number of aromatic amines is 1. The van der Waals surface area contributed by atoms with Crippen LogP contribution in [-0.2, 0) is 16.0 Å². The van der Waals surface area contributed by atoms with Crippen molar-refractivity contribution < 1.29 is 19.8 Å². The zero-order valence-corrected chi connectivity index (χ0v) is 18.7. The number of hydrogen-bond acceptors (Lipinski definition) is 3. The third-order valence-corrected chi connectivity index (χ3v) is 5.63. The molecular weight excluding hydrogens is 428 g/mol. The summed E-state index contributed by atoms with van der Waals surface area (Å²) in [5, 5.41) is 26.2. The van der Waals surface area contributed by atoms with Gasteiger partial charge < -0.3 is 10.2 Å². The van der Waals surface area contributed by atoms with Gasteiger partial charge in [-0.1, -0.05) is 61.5 Å². The molecule has 4 aromatic rings. The molecule has 0 aliphatic rings. The minimum atomic E-state index is -0.993. The molecule has 6 heteroatoms. The Hall–Kier alpha value is -4.45. The summed E-state index contributed by atoms with van der Waals surface area (Å²) in [6, 6.07) is 21.5. The maximum Gasteiger partial charge on any atom is 0.328 e. The minimum Gasteiger partial charge on any atom is -0.481 e. The van der Waals surface area contributed by atoms with Gasteiger partial charge in [0.05, 0.1) is 18.1 Å². The van der Waals surface area contributed by atoms with Gasteiger partial charge in [-0.05, 0) is 63.6 Å². The standard InChI is InChI=1S/C28H24N2O4/c1-2-24(21-5-3-4-19(14-21)15-27(33)34)28(22-11-12-25-23(16-22)17-29-30-25)20-9-6-18(7-10-20)8-13-26(31)32/h3-14,16-17H,2,15H2,1H3,(H,29,30)(H,31,32)(H,33,34)/b13-8+,28-24+. The lowest BCUT2D eigenvalue weighted by Gasteiger charge is -2.17. The van der Waals surface area contributed by atoms with Crippen LogP contribution in [-0.4, -0.2) is 32.3 Å². The highest BCUT2D eigenvalue weighted by atomic mass is 16.4. The average molecular weight is 453 g/mol. The molecule has 0 fully saturated rings. The van der Waals surface area contributed by atoms with Gasteiger partial charge in [0.2, 0.25) is 0 Å². The third kappa shape index (κ3) is 5.13. The maximum atomic E-state index is 11.3. The third-order valence-electron chi connectivity index (χ3n) is 5.63. The Labute approximate surface area is 196 Å². The number of nitrogens with one attached hydrogen (secondary N) is 1. The first kappa shape index (κ1) is 22.7. The van der Waals surface area contributed by atoms with E-state index in [9.17, 15) is 14.7 Å². The molecule has 4 rings (SSSR count). The van der Waals surface area contributed by atoms with Crippen LogP contribution in [0.3, 0.4) is 0 Å². The van der Waals surface area contributed by atoms with E-state index in [-0.39, 0.29) is 6.42 Å². The number of rotatable bonds is 8. The molecule has 170 valence electrons. The van der Waals surface area contributed by atoms with Gasteiger partial charge in [0.1, 0.15) is 0 Å². The normalized spacial score (nSPS) is 12.1. The summed E-state index contributed by atoms with van der Waals surface area (Å²) in [4.78, 5) is 22.1. The molecule has 3 N–H and O–H groups in total. The molecular formula is C28H24N2O4. The molecule has 0 bridgehead atoms. The zero-order chi connectivity index (χ0) is 24.1. The fourth-order valence-electron chi connectivity index (χ4n) is 4.11. The SMILES string of the molecule is CC/C(=C(/c1ccc(/C=C/C(=O)O)cc1)c1ccc2[nH]ncc2c1)c1cccc(CC(=O)O)c1. The van der Waals surface area contributed by atoms with Crippen molar-refractivity contribution in [2.45, 2.75) is 19.8 Å². The van der Waals surface area contributed by atoms with Crippen LogP contribution in [0, 0.1) is 0 Å². The average Bonchev–Trinajstić information content (AvgIpc) is 3.29. The Kier molecular flexibility index (Phi) is 6.69. The number of nitrogens with zero attached hydrogens (tertiary/aromatic N) is 1. The van der Waals surface area contributed by atoms with Crippen LogP contribution in [0.2, 0.25) is 0 Å². The summed E-state index contributed by atoms with van der Waals surface area (Å²) in [5.74, 6) is -1.86. The number of aliphatic carboxylic acids is 2. The summed E-state index contributed by atoms with van der Waals surface area (Å²) in [6.07, 6.45) is 5.16. The van der Waals surface area contributed by atoms with E-state index in [1.54, 1.807) is 12.3 Å². The van der Waals surface area contributed by atoms with Crippen molar-refractivity contribution in [1.82, 2.24) is 10.2 Å². The van der Waals surface area contributed by atoms with Crippen molar-refractivity contribution in [3.05, 3.63) is 107 Å². The lowest BCUT2D eigenvalue weighted by Crippen LogP contribution is -2.01. The molecule has 0 amide bonds. The Morgan fingerprint density at radius 2 is 1.71 bits per heavy atom. The molecule has 3 aromatic carbocycles. The van der Waals surface area contributed by atoms with Gasteiger partial charge in [0.15, 0.2) is 0 Å². The molecule has 1 aromatic heterocycles. The number of allylic oxidation sites excluding steroid dienone is 1. The fourth-order valence-corrected chi connectivity index (χ4v) is 4.11. The summed E-state index contributed by atoms with van der Waals surface area (Å²) < 4.78 is 0. The number of hydrogen-bond donors (Lipinski definition) is 3. The molecule has 0 radical (unpaired) electrons. The topological polar surface area (TPSA) is 103 Å². The lowest BCUT2D eigenvalue weighted by atomic mass is 9.87. The van der Waals surface area contributed by atoms with E-state index in [0.717, 1.165) is 62.4 Å². The van der Waals surface area contributed by atoms with Gasteiger partial charge >= 0.3 is 11.9 Å². The molecule has 0 saturated heterocycles. The van der Waals surface area contributed by atoms with E-state index in [4.69, 9.17) is 5.11 Å². The largest absolute Gasteiger partial charge is 0.481 e. The van der Waals surface area contributed by atoms with Gasteiger partial charge in [-0.15, -0.1) is 0 Å². The van der Waals surface area contributed by atoms with Crippen molar-refractivity contribution in [3.8, 4) is 0 Å². The highest BCUT2D eigenvalue weighted by Gasteiger charge is 2.15. The van der Waals surface area contributed by atoms with Crippen LogP contribution in [0.5, 0.6) is 0 Å². The fraction of sp³-hybridized carbons (Fsp3) is 0.107. The highest BCUT2D eigenvalue weighted by molar-refractivity contribution is 6.00. The Bertz CT molecular complexity index is 1410. The van der Waals surface area contributed by atoms with E-state index in [2.05, 4.69) is 23.2 Å². The number of carboxylic acid groups (broad SMARTS) is 2. The molecule has 0 saturated carbocycles. The van der Waals surface area contributed by atoms with Crippen molar-refractivity contribution in [3.63, 3.8) is 0 Å². The number of fused-ring (bicyclic) bond motifs is 1. The summed E-state index contributed by atoms with van der Waals surface area (Å²) in [6.45, 7) is 2.08. The molecule has 0 aliphatic carbocycles. The van der Waals surface area contributed by atoms with Gasteiger partial charge in [-0.2, -0.15) is 5.10 Å². The molecule has 6 nitrogen and oxygen atoms in total. The van der Waals surface area contributed by atoms with Crippen molar-refractivity contribution >= 4 is 40.1 Å². The zero-order valence-electron chi connectivity index (χ0n) is 18.7. The first-order valence-electron chi connectivity index (χ1n) is 10.9. The predicted molar refractivity (Wildman–Crippen MR) is 133 cm³/mol. The minimum absolute atomic E-state index is 0.0360. The Morgan fingerprint density at radius 3 is 2.41 bits per heavy atom. The first-order valence-corrected chi connectivity index (χ1v) is 10.9. The molecule has 34 heavy (non-hydrogen) atoms. The summed E-state index contributed by atoms with van der Waals surface area (Å²) in [5.41, 5.74) is 7.57. The van der Waals surface area contributed by atoms with Crippen molar-refractivity contribution in [2.24, 2.45) is 0 Å². The monoisotopic (exact) mass is 452 g/mol. The van der Waals surface area contributed by atoms with Crippen LogP contribution in [0.25, 0.3) is 28.1 Å². The van der Waals surface area contributed by atoms with E-state index in [1.165, 1.54) is 0 Å². The molecule has 0 spiro atoms. The van der Waals surface area contributed by atoms with Crippen LogP contribution >= 0.6 is 0 Å². The Balaban J connectivity index is 1.90. The number of H-pyrrole nitrogens is 1. The second-order valence-corrected chi connectivity index (χ2v) is 7.94. The lowest BCUT2D eigenvalue weighted by molar-refractivity contribution is -0.136. The quantitative estimate of drug-likeness (QED) is 0.237. The molecule has 0 aliphatic heterocycles. The summed E-state index contributed by atoms with van der Waals surface area (Å²) in [7, 11) is 0. The van der Waals surface area contributed by atoms with Crippen LogP contribution in [0.4, 0.5) is 0 Å². The van der Waals surface area contributed by atoms with Gasteiger partial charge in [-0.25, -0.2) is 4.79 Å². The van der Waals surface area contributed by atoms with Crippen LogP contribution in [0.15, 0.2) is 79.0 Å². The summed E-state index contributed by atoms with van der Waals surface area (Å²) >= 11 is 0. The molecule has 0 atom stereocenters.